The van der Waals surface area contributed by atoms with Gasteiger partial charge in [-0.15, -0.1) is 0 Å². The minimum Gasteiger partial charge on any atom is -0.494 e. The number of hydrogen-bond acceptors (Lipinski definition) is 4. The van der Waals surface area contributed by atoms with Crippen LogP contribution in [0.3, 0.4) is 0 Å². The van der Waals surface area contributed by atoms with Gasteiger partial charge in [-0.25, -0.2) is 4.39 Å². The Balaban J connectivity index is 1.65. The highest BCUT2D eigenvalue weighted by atomic mass is 19.1. The van der Waals surface area contributed by atoms with E-state index in [1.165, 1.54) is 25.3 Å². The van der Waals surface area contributed by atoms with Crippen LogP contribution < -0.4 is 10.1 Å². The number of halogens is 1. The van der Waals surface area contributed by atoms with Crippen LogP contribution in [0.2, 0.25) is 0 Å². The van der Waals surface area contributed by atoms with Gasteiger partial charge >= 0.3 is 0 Å². The largest absolute Gasteiger partial charge is 0.494 e. The number of methoxy groups -OCH3 is 2. The maximum atomic E-state index is 13.5. The van der Waals surface area contributed by atoms with E-state index in [9.17, 15) is 9.18 Å². The molecule has 2 fully saturated rings. The van der Waals surface area contributed by atoms with Gasteiger partial charge in [0.25, 0.3) is 5.91 Å². The van der Waals surface area contributed by atoms with Gasteiger partial charge in [0.1, 0.15) is 0 Å². The zero-order chi connectivity index (χ0) is 17.1. The standard InChI is InChI=1S/C18H25FN2O3/c1-23-13-8-9-21(11-13)16-5-3-4-15(16)20-18(22)12-6-7-14(19)17(10-12)24-2/h6-7,10,13,15-16H,3-5,8-9,11H2,1-2H3,(H,20,22)/t13?,15-,16+/m1/s1. The molecule has 1 N–H and O–H groups in total. The lowest BCUT2D eigenvalue weighted by Gasteiger charge is -2.30. The molecular formula is C18H25FN2O3. The number of likely N-dealkylation sites (tertiary alicyclic amines) is 1. The molecule has 1 saturated carbocycles. The minimum absolute atomic E-state index is 0.0908. The fourth-order valence-electron chi connectivity index (χ4n) is 3.85. The van der Waals surface area contributed by atoms with E-state index in [-0.39, 0.29) is 17.7 Å². The smallest absolute Gasteiger partial charge is 0.251 e. The zero-order valence-corrected chi connectivity index (χ0v) is 14.3. The lowest BCUT2D eigenvalue weighted by atomic mass is 10.1. The summed E-state index contributed by atoms with van der Waals surface area (Å²) in [5, 5.41) is 3.13. The first-order valence-corrected chi connectivity index (χ1v) is 8.53. The van der Waals surface area contributed by atoms with Gasteiger partial charge in [0.2, 0.25) is 0 Å². The van der Waals surface area contributed by atoms with Crippen LogP contribution in [0.25, 0.3) is 0 Å². The minimum atomic E-state index is -0.463. The number of hydrogen-bond donors (Lipinski definition) is 1. The molecule has 1 aliphatic heterocycles. The normalized spacial score (nSPS) is 27.4. The summed E-state index contributed by atoms with van der Waals surface area (Å²) in [6.07, 6.45) is 4.51. The molecule has 5 nitrogen and oxygen atoms in total. The summed E-state index contributed by atoms with van der Waals surface area (Å²) in [5.74, 6) is -0.545. The molecule has 132 valence electrons. The topological polar surface area (TPSA) is 50.8 Å². The van der Waals surface area contributed by atoms with Crippen LogP contribution in [0.4, 0.5) is 4.39 Å². The Kier molecular flexibility index (Phi) is 5.36. The highest BCUT2D eigenvalue weighted by molar-refractivity contribution is 5.94. The number of rotatable bonds is 5. The molecule has 1 aromatic rings. The molecule has 0 aromatic heterocycles. The number of benzene rings is 1. The molecule has 0 spiro atoms. The second kappa shape index (κ2) is 7.49. The van der Waals surface area contributed by atoms with E-state index < -0.39 is 5.82 Å². The first kappa shape index (κ1) is 17.2. The summed E-state index contributed by atoms with van der Waals surface area (Å²) in [7, 11) is 3.15. The average molecular weight is 336 g/mol. The van der Waals surface area contributed by atoms with Gasteiger partial charge in [-0.3, -0.25) is 9.69 Å². The SMILES string of the molecule is COc1cc(C(=O)N[C@@H]2CCC[C@@H]2N2CCC(OC)C2)ccc1F. The quantitative estimate of drug-likeness (QED) is 0.896. The van der Waals surface area contributed by atoms with Gasteiger partial charge in [0, 0.05) is 37.8 Å². The van der Waals surface area contributed by atoms with E-state index in [2.05, 4.69) is 10.2 Å². The van der Waals surface area contributed by atoms with Gasteiger partial charge in [0.05, 0.1) is 13.2 Å². The number of carbonyl (C=O) groups is 1. The number of nitrogens with zero attached hydrogens (tertiary/aromatic N) is 1. The van der Waals surface area contributed by atoms with E-state index in [4.69, 9.17) is 9.47 Å². The van der Waals surface area contributed by atoms with Crippen molar-refractivity contribution in [2.45, 2.75) is 43.9 Å². The molecule has 1 unspecified atom stereocenters. The van der Waals surface area contributed by atoms with Crippen molar-refractivity contribution in [2.75, 3.05) is 27.3 Å². The Morgan fingerprint density at radius 3 is 2.83 bits per heavy atom. The summed E-state index contributed by atoms with van der Waals surface area (Å²) in [6, 6.07) is 4.70. The lowest BCUT2D eigenvalue weighted by Crippen LogP contribution is -2.48. The molecule has 3 rings (SSSR count). The molecule has 1 heterocycles. The van der Waals surface area contributed by atoms with E-state index in [0.29, 0.717) is 17.7 Å². The van der Waals surface area contributed by atoms with Crippen molar-refractivity contribution in [3.8, 4) is 5.75 Å². The number of ether oxygens (including phenoxy) is 2. The van der Waals surface area contributed by atoms with Crippen LogP contribution in [-0.4, -0.2) is 56.3 Å². The summed E-state index contributed by atoms with van der Waals surface area (Å²) >= 11 is 0. The first-order valence-electron chi connectivity index (χ1n) is 8.53. The Bertz CT molecular complexity index is 596. The van der Waals surface area contributed by atoms with Gasteiger partial charge in [-0.05, 0) is 43.9 Å². The van der Waals surface area contributed by atoms with Gasteiger partial charge in [-0.1, -0.05) is 0 Å². The van der Waals surface area contributed by atoms with Crippen molar-refractivity contribution < 1.29 is 18.7 Å². The van der Waals surface area contributed by atoms with Crippen molar-refractivity contribution in [1.82, 2.24) is 10.2 Å². The predicted molar refractivity (Wildman–Crippen MR) is 88.8 cm³/mol. The summed E-state index contributed by atoms with van der Waals surface area (Å²) in [4.78, 5) is 15.0. The van der Waals surface area contributed by atoms with Crippen LogP contribution in [0.5, 0.6) is 5.75 Å². The van der Waals surface area contributed by atoms with E-state index >= 15 is 0 Å². The summed E-state index contributed by atoms with van der Waals surface area (Å²) < 4.78 is 23.9. The van der Waals surface area contributed by atoms with Gasteiger partial charge < -0.3 is 14.8 Å². The highest BCUT2D eigenvalue weighted by Gasteiger charge is 2.36. The fourth-order valence-corrected chi connectivity index (χ4v) is 3.85. The van der Waals surface area contributed by atoms with E-state index in [1.54, 1.807) is 7.11 Å². The van der Waals surface area contributed by atoms with Crippen LogP contribution >= 0.6 is 0 Å². The maximum Gasteiger partial charge on any atom is 0.251 e. The molecule has 1 amide bonds. The van der Waals surface area contributed by atoms with Gasteiger partial charge in [0.15, 0.2) is 11.6 Å². The third-order valence-corrected chi connectivity index (χ3v) is 5.19. The molecule has 1 aromatic carbocycles. The molecule has 3 atom stereocenters. The summed E-state index contributed by atoms with van der Waals surface area (Å²) in [6.45, 7) is 1.94. The van der Waals surface area contributed by atoms with Crippen LogP contribution in [0.1, 0.15) is 36.0 Å². The molecule has 0 bridgehead atoms. The third-order valence-electron chi connectivity index (χ3n) is 5.19. The molecule has 24 heavy (non-hydrogen) atoms. The molecule has 1 aliphatic carbocycles. The molecule has 2 aliphatic rings. The number of nitrogens with one attached hydrogen (secondary N) is 1. The average Bonchev–Trinajstić information content (AvgIpc) is 3.23. The Morgan fingerprint density at radius 2 is 2.12 bits per heavy atom. The van der Waals surface area contributed by atoms with E-state index in [1.807, 2.05) is 0 Å². The maximum absolute atomic E-state index is 13.5. The first-order chi connectivity index (χ1) is 11.6. The second-order valence-corrected chi connectivity index (χ2v) is 6.57. The van der Waals surface area contributed by atoms with Gasteiger partial charge in [-0.2, -0.15) is 0 Å². The number of carbonyl (C=O) groups excluding carboxylic acids is 1. The Hall–Kier alpha value is -1.66. The lowest BCUT2D eigenvalue weighted by molar-refractivity contribution is 0.0872. The molecular weight excluding hydrogens is 311 g/mol. The molecule has 0 radical (unpaired) electrons. The molecule has 1 saturated heterocycles. The van der Waals surface area contributed by atoms with Crippen molar-refractivity contribution in [2.24, 2.45) is 0 Å². The van der Waals surface area contributed by atoms with Crippen LogP contribution in [0.15, 0.2) is 18.2 Å². The van der Waals surface area contributed by atoms with Crippen molar-refractivity contribution in [1.29, 1.82) is 0 Å². The summed E-state index contributed by atoms with van der Waals surface area (Å²) in [5.41, 5.74) is 0.426. The third kappa shape index (κ3) is 3.54. The monoisotopic (exact) mass is 336 g/mol. The van der Waals surface area contributed by atoms with Crippen LogP contribution in [-0.2, 0) is 4.74 Å². The van der Waals surface area contributed by atoms with Crippen LogP contribution in [0, 0.1) is 5.82 Å². The van der Waals surface area contributed by atoms with Crippen molar-refractivity contribution in [3.05, 3.63) is 29.6 Å². The Labute approximate surface area is 142 Å². The van der Waals surface area contributed by atoms with Crippen molar-refractivity contribution >= 4 is 5.91 Å². The highest BCUT2D eigenvalue weighted by Crippen LogP contribution is 2.28. The zero-order valence-electron chi connectivity index (χ0n) is 14.3. The fraction of sp³-hybridized carbons (Fsp3) is 0.611. The molecule has 6 heteroatoms. The second-order valence-electron chi connectivity index (χ2n) is 6.57. The predicted octanol–water partition coefficient (Wildman–Crippen LogP) is 2.21. The number of amides is 1. The van der Waals surface area contributed by atoms with E-state index in [0.717, 1.165) is 38.8 Å². The van der Waals surface area contributed by atoms with Crippen molar-refractivity contribution in [3.63, 3.8) is 0 Å². The Morgan fingerprint density at radius 1 is 1.29 bits per heavy atom.